The maximum absolute atomic E-state index is 11.4. The Morgan fingerprint density at radius 1 is 1.43 bits per heavy atom. The highest BCUT2D eigenvalue weighted by molar-refractivity contribution is 8.01. The summed E-state index contributed by atoms with van der Waals surface area (Å²) < 4.78 is 0.287. The molecule has 0 spiro atoms. The van der Waals surface area contributed by atoms with Gasteiger partial charge in [0.15, 0.2) is 0 Å². The van der Waals surface area contributed by atoms with Crippen molar-refractivity contribution in [3.8, 4) is 0 Å². The number of thioether (sulfide) groups is 1. The summed E-state index contributed by atoms with van der Waals surface area (Å²) in [5.74, 6) is 1.23. The van der Waals surface area contributed by atoms with Gasteiger partial charge in [-0.1, -0.05) is 34.1 Å². The van der Waals surface area contributed by atoms with E-state index in [1.54, 1.807) is 0 Å². The molecule has 0 aromatic rings. The summed E-state index contributed by atoms with van der Waals surface area (Å²) in [6.45, 7) is 8.97. The van der Waals surface area contributed by atoms with Crippen LogP contribution in [0.4, 0.5) is 0 Å². The van der Waals surface area contributed by atoms with Gasteiger partial charge in [0.25, 0.3) is 0 Å². The Bertz CT molecular complexity index is 205. The fourth-order valence-corrected chi connectivity index (χ4v) is 3.78. The predicted octanol–water partition coefficient (Wildman–Crippen LogP) is 3.67. The Kier molecular flexibility index (Phi) is 4.05. The van der Waals surface area contributed by atoms with Crippen LogP contribution < -0.4 is 0 Å². The summed E-state index contributed by atoms with van der Waals surface area (Å²) in [4.78, 5) is 11.4. The highest BCUT2D eigenvalue weighted by Gasteiger charge is 2.31. The van der Waals surface area contributed by atoms with E-state index < -0.39 is 0 Å². The SMILES string of the molecule is CCC1CCC(=O)CC1SC(C)(C)C. The summed E-state index contributed by atoms with van der Waals surface area (Å²) in [6, 6.07) is 0. The van der Waals surface area contributed by atoms with E-state index in [1.165, 1.54) is 6.42 Å². The quantitative estimate of drug-likeness (QED) is 0.697. The van der Waals surface area contributed by atoms with Gasteiger partial charge >= 0.3 is 0 Å². The smallest absolute Gasteiger partial charge is 0.134 e. The van der Waals surface area contributed by atoms with Crippen molar-refractivity contribution < 1.29 is 4.79 Å². The molecule has 1 aliphatic rings. The molecule has 1 rings (SSSR count). The third-order valence-electron chi connectivity index (χ3n) is 2.78. The molecule has 1 nitrogen and oxygen atoms in total. The zero-order valence-corrected chi connectivity index (χ0v) is 10.6. The first-order valence-corrected chi connectivity index (χ1v) is 6.50. The van der Waals surface area contributed by atoms with Crippen molar-refractivity contribution in [2.24, 2.45) is 5.92 Å². The highest BCUT2D eigenvalue weighted by Crippen LogP contribution is 2.39. The summed E-state index contributed by atoms with van der Waals surface area (Å²) in [5.41, 5.74) is 0. The van der Waals surface area contributed by atoms with Crippen LogP contribution >= 0.6 is 11.8 Å². The first-order valence-electron chi connectivity index (χ1n) is 5.62. The molecule has 2 atom stereocenters. The van der Waals surface area contributed by atoms with E-state index in [0.29, 0.717) is 11.0 Å². The van der Waals surface area contributed by atoms with E-state index in [0.717, 1.165) is 25.2 Å². The molecule has 0 amide bonds. The van der Waals surface area contributed by atoms with Crippen molar-refractivity contribution in [3.05, 3.63) is 0 Å². The van der Waals surface area contributed by atoms with Gasteiger partial charge in [-0.2, -0.15) is 11.8 Å². The standard InChI is InChI=1S/C12H22OS/c1-5-9-6-7-10(13)8-11(9)14-12(2,3)4/h9,11H,5-8H2,1-4H3. The fraction of sp³-hybridized carbons (Fsp3) is 0.917. The van der Waals surface area contributed by atoms with E-state index >= 15 is 0 Å². The van der Waals surface area contributed by atoms with Crippen LogP contribution in [0.5, 0.6) is 0 Å². The lowest BCUT2D eigenvalue weighted by Crippen LogP contribution is -2.30. The molecule has 2 unspecified atom stereocenters. The number of carbonyl (C=O) groups excluding carboxylic acids is 1. The van der Waals surface area contributed by atoms with Crippen molar-refractivity contribution >= 4 is 17.5 Å². The largest absolute Gasteiger partial charge is 0.300 e. The Balaban J connectivity index is 2.57. The Morgan fingerprint density at radius 2 is 2.07 bits per heavy atom. The van der Waals surface area contributed by atoms with Crippen LogP contribution in [0.2, 0.25) is 0 Å². The number of hydrogen-bond donors (Lipinski definition) is 0. The highest BCUT2D eigenvalue weighted by atomic mass is 32.2. The second-order valence-corrected chi connectivity index (χ2v) is 7.28. The van der Waals surface area contributed by atoms with Gasteiger partial charge in [-0.3, -0.25) is 4.79 Å². The third kappa shape index (κ3) is 3.64. The van der Waals surface area contributed by atoms with Crippen LogP contribution in [0.1, 0.15) is 53.4 Å². The molecule has 0 radical (unpaired) electrons. The van der Waals surface area contributed by atoms with Crippen LogP contribution in [0.15, 0.2) is 0 Å². The lowest BCUT2D eigenvalue weighted by Gasteiger charge is -2.34. The second kappa shape index (κ2) is 4.69. The lowest BCUT2D eigenvalue weighted by atomic mass is 9.86. The first-order chi connectivity index (χ1) is 6.42. The molecule has 0 saturated heterocycles. The topological polar surface area (TPSA) is 17.1 Å². The van der Waals surface area contributed by atoms with Crippen LogP contribution in [0.3, 0.4) is 0 Å². The molecule has 0 N–H and O–H groups in total. The zero-order chi connectivity index (χ0) is 10.8. The Labute approximate surface area is 92.0 Å². The van der Waals surface area contributed by atoms with Gasteiger partial charge in [0.1, 0.15) is 5.78 Å². The molecule has 0 heterocycles. The summed E-state index contributed by atoms with van der Waals surface area (Å²) in [5, 5.41) is 0.571. The molecule has 0 aromatic heterocycles. The molecule has 14 heavy (non-hydrogen) atoms. The summed E-state index contributed by atoms with van der Waals surface area (Å²) in [7, 11) is 0. The van der Waals surface area contributed by atoms with Gasteiger partial charge < -0.3 is 0 Å². The minimum atomic E-state index is 0.287. The van der Waals surface area contributed by atoms with Crippen LogP contribution in [-0.4, -0.2) is 15.8 Å². The minimum absolute atomic E-state index is 0.287. The minimum Gasteiger partial charge on any atom is -0.300 e. The van der Waals surface area contributed by atoms with Gasteiger partial charge in [-0.05, 0) is 12.3 Å². The van der Waals surface area contributed by atoms with E-state index in [-0.39, 0.29) is 4.75 Å². The van der Waals surface area contributed by atoms with Crippen molar-refractivity contribution in [2.75, 3.05) is 0 Å². The van der Waals surface area contributed by atoms with E-state index in [9.17, 15) is 4.79 Å². The number of Topliss-reactive ketones (excluding diaryl/α,β-unsaturated/α-hetero) is 1. The second-order valence-electron chi connectivity index (χ2n) is 5.22. The van der Waals surface area contributed by atoms with Crippen LogP contribution in [0.25, 0.3) is 0 Å². The molecule has 0 aromatic carbocycles. The van der Waals surface area contributed by atoms with E-state index in [2.05, 4.69) is 27.7 Å². The van der Waals surface area contributed by atoms with Crippen LogP contribution in [0, 0.1) is 5.92 Å². The zero-order valence-electron chi connectivity index (χ0n) is 9.80. The molecular weight excluding hydrogens is 192 g/mol. The molecule has 82 valence electrons. The van der Waals surface area contributed by atoms with Gasteiger partial charge in [0.2, 0.25) is 0 Å². The number of rotatable bonds is 2. The molecule has 2 heteroatoms. The average Bonchev–Trinajstić information content (AvgIpc) is 2.01. The monoisotopic (exact) mass is 214 g/mol. The molecule has 0 bridgehead atoms. The maximum Gasteiger partial charge on any atom is 0.134 e. The normalized spacial score (nSPS) is 29.3. The van der Waals surface area contributed by atoms with Gasteiger partial charge in [0, 0.05) is 22.8 Å². The van der Waals surface area contributed by atoms with Gasteiger partial charge in [-0.25, -0.2) is 0 Å². The number of hydrogen-bond acceptors (Lipinski definition) is 2. The van der Waals surface area contributed by atoms with Crippen LogP contribution in [-0.2, 0) is 4.79 Å². The predicted molar refractivity (Wildman–Crippen MR) is 63.8 cm³/mol. The molecule has 1 saturated carbocycles. The van der Waals surface area contributed by atoms with E-state index in [1.807, 2.05) is 11.8 Å². The Morgan fingerprint density at radius 3 is 2.57 bits per heavy atom. The first kappa shape index (κ1) is 12.1. The number of ketones is 1. The summed E-state index contributed by atoms with van der Waals surface area (Å²) >= 11 is 1.99. The van der Waals surface area contributed by atoms with Gasteiger partial charge in [-0.15, -0.1) is 0 Å². The maximum atomic E-state index is 11.4. The molecule has 1 fully saturated rings. The fourth-order valence-electron chi connectivity index (χ4n) is 2.08. The summed E-state index contributed by atoms with van der Waals surface area (Å²) in [6.07, 6.45) is 3.96. The Hall–Kier alpha value is 0.0200. The van der Waals surface area contributed by atoms with Crippen molar-refractivity contribution in [2.45, 2.75) is 63.4 Å². The molecule has 1 aliphatic carbocycles. The van der Waals surface area contributed by atoms with Crippen molar-refractivity contribution in [1.82, 2.24) is 0 Å². The molecular formula is C12H22OS. The molecule has 0 aliphatic heterocycles. The van der Waals surface area contributed by atoms with Gasteiger partial charge in [0.05, 0.1) is 0 Å². The number of carbonyl (C=O) groups is 1. The van der Waals surface area contributed by atoms with E-state index in [4.69, 9.17) is 0 Å². The van der Waals surface area contributed by atoms with Crippen molar-refractivity contribution in [1.29, 1.82) is 0 Å². The van der Waals surface area contributed by atoms with Crippen molar-refractivity contribution in [3.63, 3.8) is 0 Å². The third-order valence-corrected chi connectivity index (χ3v) is 4.34. The lowest BCUT2D eigenvalue weighted by molar-refractivity contribution is -0.120. The average molecular weight is 214 g/mol.